The third kappa shape index (κ3) is 6.97. The minimum atomic E-state index is 0. The zero-order valence-corrected chi connectivity index (χ0v) is 22.3. The summed E-state index contributed by atoms with van der Waals surface area (Å²) in [7, 11) is 3.56. The first-order valence-corrected chi connectivity index (χ1v) is 12.0. The first-order valence-electron chi connectivity index (χ1n) is 12.0. The first-order chi connectivity index (χ1) is 15.8. The lowest BCUT2D eigenvalue weighted by Crippen LogP contribution is -2.51. The standard InChI is InChI=1S/C24H37N7O.HI/c1-25-24(26-14-7-13-23-29-28-22-12-4-3-5-16-31(22)23)27-19-9-8-15-30(18-19)20-10-6-11-21(17-20)32-2;/h6,10-11,17,19H,3-5,7-9,12-16,18H2,1-2H3,(H2,25,26,27);1H. The number of hydrogen-bond donors (Lipinski definition) is 2. The van der Waals surface area contributed by atoms with Crippen LogP contribution in [0.5, 0.6) is 5.75 Å². The Morgan fingerprint density at radius 1 is 1.18 bits per heavy atom. The molecule has 1 saturated heterocycles. The highest BCUT2D eigenvalue weighted by Crippen LogP contribution is 2.24. The Morgan fingerprint density at radius 2 is 2.09 bits per heavy atom. The molecule has 1 aromatic heterocycles. The summed E-state index contributed by atoms with van der Waals surface area (Å²) in [5.41, 5.74) is 1.21. The van der Waals surface area contributed by atoms with Crippen LogP contribution in [-0.2, 0) is 19.4 Å². The first kappa shape index (κ1) is 25.6. The number of hydrogen-bond acceptors (Lipinski definition) is 5. The summed E-state index contributed by atoms with van der Waals surface area (Å²) in [6.07, 6.45) is 9.10. The molecule has 1 fully saturated rings. The van der Waals surface area contributed by atoms with E-state index in [4.69, 9.17) is 4.74 Å². The summed E-state index contributed by atoms with van der Waals surface area (Å²) in [5, 5.41) is 16.0. The second-order valence-electron chi connectivity index (χ2n) is 8.73. The highest BCUT2D eigenvalue weighted by molar-refractivity contribution is 14.0. The summed E-state index contributed by atoms with van der Waals surface area (Å²) in [4.78, 5) is 6.87. The van der Waals surface area contributed by atoms with Crippen molar-refractivity contribution in [3.63, 3.8) is 0 Å². The summed E-state index contributed by atoms with van der Waals surface area (Å²) in [5.74, 6) is 4.08. The molecule has 0 amide bonds. The molecule has 0 saturated carbocycles. The molecule has 0 bridgehead atoms. The van der Waals surface area contributed by atoms with E-state index in [0.717, 1.165) is 75.8 Å². The van der Waals surface area contributed by atoms with Gasteiger partial charge in [-0.15, -0.1) is 34.2 Å². The molecular weight excluding hydrogens is 529 g/mol. The van der Waals surface area contributed by atoms with Gasteiger partial charge in [0, 0.05) is 63.9 Å². The van der Waals surface area contributed by atoms with E-state index in [0.29, 0.717) is 6.04 Å². The minimum Gasteiger partial charge on any atom is -0.497 e. The molecule has 4 rings (SSSR count). The third-order valence-corrected chi connectivity index (χ3v) is 6.46. The van der Waals surface area contributed by atoms with Crippen molar-refractivity contribution in [2.75, 3.05) is 38.7 Å². The lowest BCUT2D eigenvalue weighted by Gasteiger charge is -2.35. The number of halogens is 1. The van der Waals surface area contributed by atoms with Crippen LogP contribution in [0.2, 0.25) is 0 Å². The highest BCUT2D eigenvalue weighted by atomic mass is 127. The van der Waals surface area contributed by atoms with Crippen molar-refractivity contribution in [1.29, 1.82) is 0 Å². The van der Waals surface area contributed by atoms with E-state index in [1.807, 2.05) is 13.1 Å². The van der Waals surface area contributed by atoms with Crippen molar-refractivity contribution in [1.82, 2.24) is 25.4 Å². The minimum absolute atomic E-state index is 0. The number of aliphatic imine (C=N–C) groups is 1. The van der Waals surface area contributed by atoms with E-state index >= 15 is 0 Å². The number of aryl methyl sites for hydroxylation is 2. The number of piperidine rings is 1. The summed E-state index contributed by atoms with van der Waals surface area (Å²) < 4.78 is 7.73. The van der Waals surface area contributed by atoms with Gasteiger partial charge in [0.15, 0.2) is 5.96 Å². The maximum atomic E-state index is 5.39. The molecule has 0 aliphatic carbocycles. The smallest absolute Gasteiger partial charge is 0.191 e. The number of nitrogens with one attached hydrogen (secondary N) is 2. The van der Waals surface area contributed by atoms with Crippen molar-refractivity contribution in [2.24, 2.45) is 4.99 Å². The number of ether oxygens (including phenoxy) is 1. The Balaban J connectivity index is 0.00000306. The van der Waals surface area contributed by atoms with E-state index < -0.39 is 0 Å². The maximum Gasteiger partial charge on any atom is 0.191 e. The molecule has 2 N–H and O–H groups in total. The monoisotopic (exact) mass is 567 g/mol. The van der Waals surface area contributed by atoms with Gasteiger partial charge in [0.1, 0.15) is 17.4 Å². The molecule has 3 heterocycles. The number of rotatable bonds is 7. The van der Waals surface area contributed by atoms with Gasteiger partial charge in [-0.1, -0.05) is 12.5 Å². The van der Waals surface area contributed by atoms with Gasteiger partial charge in [-0.3, -0.25) is 4.99 Å². The number of nitrogens with zero attached hydrogens (tertiary/aromatic N) is 5. The van der Waals surface area contributed by atoms with Crippen molar-refractivity contribution >= 4 is 35.6 Å². The van der Waals surface area contributed by atoms with E-state index in [1.54, 1.807) is 7.11 Å². The Morgan fingerprint density at radius 3 is 2.94 bits per heavy atom. The fraction of sp³-hybridized carbons (Fsp3) is 0.625. The average Bonchev–Trinajstić information content (AvgIpc) is 3.06. The average molecular weight is 568 g/mol. The van der Waals surface area contributed by atoms with Crippen LogP contribution in [0.15, 0.2) is 29.3 Å². The topological polar surface area (TPSA) is 79.6 Å². The van der Waals surface area contributed by atoms with E-state index in [2.05, 4.69) is 53.5 Å². The zero-order chi connectivity index (χ0) is 22.2. The number of aromatic nitrogens is 3. The fourth-order valence-electron chi connectivity index (χ4n) is 4.71. The molecule has 0 spiro atoms. The van der Waals surface area contributed by atoms with E-state index in [9.17, 15) is 0 Å². The van der Waals surface area contributed by atoms with E-state index in [1.165, 1.54) is 30.8 Å². The van der Waals surface area contributed by atoms with Crippen LogP contribution >= 0.6 is 24.0 Å². The van der Waals surface area contributed by atoms with Gasteiger partial charge in [0.2, 0.25) is 0 Å². The zero-order valence-electron chi connectivity index (χ0n) is 19.9. The van der Waals surface area contributed by atoms with Gasteiger partial charge in [-0.2, -0.15) is 0 Å². The fourth-order valence-corrected chi connectivity index (χ4v) is 4.71. The second kappa shape index (κ2) is 13.0. The molecule has 1 atom stereocenters. The molecular formula is C24H38IN7O. The lowest BCUT2D eigenvalue weighted by atomic mass is 10.0. The van der Waals surface area contributed by atoms with Gasteiger partial charge >= 0.3 is 0 Å². The van der Waals surface area contributed by atoms with Gasteiger partial charge < -0.3 is 24.8 Å². The molecule has 0 radical (unpaired) electrons. The Bertz CT molecular complexity index is 901. The number of fused-ring (bicyclic) bond motifs is 1. The van der Waals surface area contributed by atoms with Crippen LogP contribution in [0, 0.1) is 0 Å². The second-order valence-corrected chi connectivity index (χ2v) is 8.73. The van der Waals surface area contributed by atoms with Crippen LogP contribution in [0.25, 0.3) is 0 Å². The largest absolute Gasteiger partial charge is 0.497 e. The molecule has 2 aromatic rings. The van der Waals surface area contributed by atoms with Crippen LogP contribution < -0.4 is 20.3 Å². The number of methoxy groups -OCH3 is 1. The Hall–Kier alpha value is -2.04. The molecule has 9 heteroatoms. The number of anilines is 1. The predicted octanol–water partition coefficient (Wildman–Crippen LogP) is 3.40. The van der Waals surface area contributed by atoms with Crippen LogP contribution in [0.4, 0.5) is 5.69 Å². The van der Waals surface area contributed by atoms with Gasteiger partial charge in [-0.25, -0.2) is 0 Å². The highest BCUT2D eigenvalue weighted by Gasteiger charge is 2.21. The van der Waals surface area contributed by atoms with Crippen LogP contribution in [-0.4, -0.2) is 60.6 Å². The molecule has 182 valence electrons. The summed E-state index contributed by atoms with van der Waals surface area (Å²) >= 11 is 0. The molecule has 2 aliphatic heterocycles. The van der Waals surface area contributed by atoms with Gasteiger partial charge in [0.25, 0.3) is 0 Å². The normalized spacial score (nSPS) is 18.7. The SMILES string of the molecule is CN=C(NCCCc1nnc2n1CCCCC2)NC1CCCN(c2cccc(OC)c2)C1.I. The van der Waals surface area contributed by atoms with E-state index in [-0.39, 0.29) is 24.0 Å². The molecule has 8 nitrogen and oxygen atoms in total. The van der Waals surface area contributed by atoms with Crippen molar-refractivity contribution < 1.29 is 4.74 Å². The molecule has 33 heavy (non-hydrogen) atoms. The maximum absolute atomic E-state index is 5.39. The van der Waals surface area contributed by atoms with Crippen molar-refractivity contribution in [3.8, 4) is 5.75 Å². The number of guanidine groups is 1. The van der Waals surface area contributed by atoms with Gasteiger partial charge in [0.05, 0.1) is 7.11 Å². The summed E-state index contributed by atoms with van der Waals surface area (Å²) in [6.45, 7) is 3.97. The van der Waals surface area contributed by atoms with Crippen molar-refractivity contribution in [2.45, 2.75) is 64.0 Å². The lowest BCUT2D eigenvalue weighted by molar-refractivity contribution is 0.414. The molecule has 1 aromatic carbocycles. The Labute approximate surface area is 214 Å². The Kier molecular flexibility index (Phi) is 10.1. The molecule has 1 unspecified atom stereocenters. The quantitative estimate of drug-likeness (QED) is 0.231. The van der Waals surface area contributed by atoms with Gasteiger partial charge in [-0.05, 0) is 44.2 Å². The number of benzene rings is 1. The predicted molar refractivity (Wildman–Crippen MR) is 144 cm³/mol. The summed E-state index contributed by atoms with van der Waals surface area (Å²) in [6, 6.07) is 8.68. The third-order valence-electron chi connectivity index (χ3n) is 6.46. The van der Waals surface area contributed by atoms with Crippen molar-refractivity contribution in [3.05, 3.63) is 35.9 Å². The van der Waals surface area contributed by atoms with Crippen LogP contribution in [0.3, 0.4) is 0 Å². The van der Waals surface area contributed by atoms with Crippen LogP contribution in [0.1, 0.15) is 50.2 Å². The molecule has 2 aliphatic rings.